The topological polar surface area (TPSA) is 72.5 Å². The molecule has 0 heterocycles. The minimum absolute atomic E-state index is 0.0480. The van der Waals surface area contributed by atoms with Gasteiger partial charge in [0.15, 0.2) is 0 Å². The molecule has 0 radical (unpaired) electrons. The average Bonchev–Trinajstić information content (AvgIpc) is 2.57. The van der Waals surface area contributed by atoms with Crippen LogP contribution < -0.4 is 4.72 Å². The number of sulfonamides is 1. The molecule has 0 aliphatic rings. The Labute approximate surface area is 153 Å². The highest BCUT2D eigenvalue weighted by molar-refractivity contribution is 7.90. The molecule has 0 saturated carbocycles. The number of benzene rings is 2. The molecule has 25 heavy (non-hydrogen) atoms. The molecule has 0 bridgehead atoms. The summed E-state index contributed by atoms with van der Waals surface area (Å²) >= 11 is 5.98. The number of nitrogens with one attached hydrogen (secondary N) is 1. The van der Waals surface area contributed by atoms with Crippen LogP contribution in [0.2, 0.25) is 5.02 Å². The number of rotatable bonds is 8. The molecule has 0 aliphatic heterocycles. The SMILES string of the molecule is CCCc1ccc(S(=O)(=O)NC(=O)COCc2ccccc2Cl)cc1. The summed E-state index contributed by atoms with van der Waals surface area (Å²) in [6.07, 6.45) is 1.86. The van der Waals surface area contributed by atoms with E-state index in [4.69, 9.17) is 16.3 Å². The summed E-state index contributed by atoms with van der Waals surface area (Å²) in [6.45, 7) is 1.80. The third kappa shape index (κ3) is 5.85. The molecule has 2 aromatic rings. The van der Waals surface area contributed by atoms with Crippen molar-refractivity contribution in [3.8, 4) is 0 Å². The van der Waals surface area contributed by atoms with Crippen LogP contribution in [0.4, 0.5) is 0 Å². The number of carbonyl (C=O) groups is 1. The average molecular weight is 382 g/mol. The minimum Gasteiger partial charge on any atom is -0.367 e. The lowest BCUT2D eigenvalue weighted by Crippen LogP contribution is -2.33. The van der Waals surface area contributed by atoms with Crippen molar-refractivity contribution in [3.05, 3.63) is 64.7 Å². The van der Waals surface area contributed by atoms with Gasteiger partial charge >= 0.3 is 0 Å². The van der Waals surface area contributed by atoms with E-state index in [0.717, 1.165) is 24.0 Å². The maximum Gasteiger partial charge on any atom is 0.264 e. The molecule has 1 N–H and O–H groups in total. The maximum atomic E-state index is 12.2. The van der Waals surface area contributed by atoms with Crippen molar-refractivity contribution >= 4 is 27.5 Å². The van der Waals surface area contributed by atoms with E-state index in [1.54, 1.807) is 36.4 Å². The van der Waals surface area contributed by atoms with Gasteiger partial charge in [0, 0.05) is 5.02 Å². The fourth-order valence-corrected chi connectivity index (χ4v) is 3.39. The Balaban J connectivity index is 1.89. The summed E-state index contributed by atoms with van der Waals surface area (Å²) in [7, 11) is -3.90. The summed E-state index contributed by atoms with van der Waals surface area (Å²) in [5.41, 5.74) is 1.78. The smallest absolute Gasteiger partial charge is 0.264 e. The molecule has 0 fully saturated rings. The highest BCUT2D eigenvalue weighted by Crippen LogP contribution is 2.15. The van der Waals surface area contributed by atoms with Crippen molar-refractivity contribution in [2.24, 2.45) is 0 Å². The number of hydrogen-bond acceptors (Lipinski definition) is 4. The number of ether oxygens (including phenoxy) is 1. The van der Waals surface area contributed by atoms with Crippen LogP contribution in [0.1, 0.15) is 24.5 Å². The number of carbonyl (C=O) groups excluding carboxylic acids is 1. The molecule has 0 atom stereocenters. The summed E-state index contributed by atoms with van der Waals surface area (Å²) < 4.78 is 31.6. The highest BCUT2D eigenvalue weighted by Gasteiger charge is 2.17. The Morgan fingerprint density at radius 3 is 2.44 bits per heavy atom. The number of hydrogen-bond donors (Lipinski definition) is 1. The van der Waals surface area contributed by atoms with Crippen molar-refractivity contribution in [2.75, 3.05) is 6.61 Å². The van der Waals surface area contributed by atoms with Gasteiger partial charge in [0.05, 0.1) is 11.5 Å². The largest absolute Gasteiger partial charge is 0.367 e. The van der Waals surface area contributed by atoms with E-state index in [0.29, 0.717) is 5.02 Å². The molecule has 0 aliphatic carbocycles. The molecule has 2 aromatic carbocycles. The summed E-state index contributed by atoms with van der Waals surface area (Å²) in [4.78, 5) is 11.9. The zero-order valence-corrected chi connectivity index (χ0v) is 15.4. The zero-order valence-electron chi connectivity index (χ0n) is 13.9. The molecular weight excluding hydrogens is 362 g/mol. The van der Waals surface area contributed by atoms with Gasteiger partial charge in [-0.15, -0.1) is 0 Å². The van der Waals surface area contributed by atoms with Gasteiger partial charge in [0.1, 0.15) is 6.61 Å². The molecule has 2 rings (SSSR count). The second-order valence-electron chi connectivity index (χ2n) is 5.51. The second-order valence-corrected chi connectivity index (χ2v) is 7.60. The van der Waals surface area contributed by atoms with Gasteiger partial charge in [0.25, 0.3) is 15.9 Å². The lowest BCUT2D eigenvalue weighted by molar-refractivity contribution is -0.124. The Kier molecular flexibility index (Phi) is 6.99. The Morgan fingerprint density at radius 1 is 1.12 bits per heavy atom. The molecular formula is C18H20ClNO4S. The van der Waals surface area contributed by atoms with Crippen LogP contribution in [0.25, 0.3) is 0 Å². The lowest BCUT2D eigenvalue weighted by atomic mass is 10.1. The van der Waals surface area contributed by atoms with Gasteiger partial charge in [-0.25, -0.2) is 13.1 Å². The monoisotopic (exact) mass is 381 g/mol. The van der Waals surface area contributed by atoms with Gasteiger partial charge in [-0.2, -0.15) is 0 Å². The molecule has 0 saturated heterocycles. The normalized spacial score (nSPS) is 11.3. The quantitative estimate of drug-likeness (QED) is 0.761. The number of amides is 1. The first-order valence-electron chi connectivity index (χ1n) is 7.88. The third-order valence-electron chi connectivity index (χ3n) is 3.47. The first kappa shape index (κ1) is 19.4. The number of aryl methyl sites for hydroxylation is 1. The molecule has 134 valence electrons. The fraction of sp³-hybridized carbons (Fsp3) is 0.278. The van der Waals surface area contributed by atoms with Crippen LogP contribution in [0, 0.1) is 0 Å². The van der Waals surface area contributed by atoms with Crippen LogP contribution >= 0.6 is 11.6 Å². The fourth-order valence-electron chi connectivity index (χ4n) is 2.23. The van der Waals surface area contributed by atoms with Crippen LogP contribution in [0.5, 0.6) is 0 Å². The van der Waals surface area contributed by atoms with E-state index in [9.17, 15) is 13.2 Å². The maximum absolute atomic E-state index is 12.2. The van der Waals surface area contributed by atoms with Crippen LogP contribution in [-0.4, -0.2) is 20.9 Å². The first-order valence-corrected chi connectivity index (χ1v) is 9.74. The van der Waals surface area contributed by atoms with Crippen LogP contribution in [0.15, 0.2) is 53.4 Å². The van der Waals surface area contributed by atoms with E-state index in [-0.39, 0.29) is 18.1 Å². The zero-order chi connectivity index (χ0) is 18.3. The van der Waals surface area contributed by atoms with E-state index in [1.165, 1.54) is 12.1 Å². The van der Waals surface area contributed by atoms with E-state index >= 15 is 0 Å². The van der Waals surface area contributed by atoms with Crippen molar-refractivity contribution in [1.82, 2.24) is 4.72 Å². The van der Waals surface area contributed by atoms with Gasteiger partial charge in [-0.1, -0.05) is 55.3 Å². The van der Waals surface area contributed by atoms with Gasteiger partial charge < -0.3 is 4.74 Å². The van der Waals surface area contributed by atoms with Crippen LogP contribution in [-0.2, 0) is 32.6 Å². The summed E-state index contributed by atoms with van der Waals surface area (Å²) in [5, 5.41) is 0.530. The Morgan fingerprint density at radius 2 is 1.80 bits per heavy atom. The Hall–Kier alpha value is -1.89. The van der Waals surface area contributed by atoms with E-state index < -0.39 is 15.9 Å². The molecule has 5 nitrogen and oxygen atoms in total. The van der Waals surface area contributed by atoms with Crippen molar-refractivity contribution in [1.29, 1.82) is 0 Å². The van der Waals surface area contributed by atoms with E-state index in [1.807, 2.05) is 11.6 Å². The highest BCUT2D eigenvalue weighted by atomic mass is 35.5. The third-order valence-corrected chi connectivity index (χ3v) is 5.23. The molecule has 7 heteroatoms. The van der Waals surface area contributed by atoms with Crippen molar-refractivity contribution in [3.63, 3.8) is 0 Å². The molecule has 0 unspecified atom stereocenters. The molecule has 0 spiro atoms. The lowest BCUT2D eigenvalue weighted by Gasteiger charge is -2.09. The van der Waals surface area contributed by atoms with Gasteiger partial charge in [-0.3, -0.25) is 4.79 Å². The van der Waals surface area contributed by atoms with Crippen molar-refractivity contribution in [2.45, 2.75) is 31.3 Å². The predicted molar refractivity (Wildman–Crippen MR) is 96.9 cm³/mol. The van der Waals surface area contributed by atoms with Crippen molar-refractivity contribution < 1.29 is 17.9 Å². The molecule has 0 aromatic heterocycles. The van der Waals surface area contributed by atoms with Gasteiger partial charge in [0.2, 0.25) is 0 Å². The first-order chi connectivity index (χ1) is 11.9. The van der Waals surface area contributed by atoms with Crippen LogP contribution in [0.3, 0.4) is 0 Å². The number of halogens is 1. The summed E-state index contributed by atoms with van der Waals surface area (Å²) in [5.74, 6) is -0.732. The van der Waals surface area contributed by atoms with Gasteiger partial charge in [-0.05, 0) is 35.7 Å². The summed E-state index contributed by atoms with van der Waals surface area (Å²) in [6, 6.07) is 13.6. The van der Waals surface area contributed by atoms with E-state index in [2.05, 4.69) is 0 Å². The standard InChI is InChI=1S/C18H20ClNO4S/c1-2-5-14-8-10-16(11-9-14)25(22,23)20-18(21)13-24-12-15-6-3-4-7-17(15)19/h3-4,6-11H,2,5,12-13H2,1H3,(H,20,21). The molecule has 1 amide bonds. The Bertz CT molecular complexity index is 819. The minimum atomic E-state index is -3.90. The predicted octanol–water partition coefficient (Wildman–Crippen LogP) is 3.31. The second kappa shape index (κ2) is 8.99.